The summed E-state index contributed by atoms with van der Waals surface area (Å²) >= 11 is 0. The summed E-state index contributed by atoms with van der Waals surface area (Å²) in [7, 11) is 0. The molecule has 0 amide bonds. The van der Waals surface area contributed by atoms with E-state index in [4.69, 9.17) is 5.11 Å². The van der Waals surface area contributed by atoms with Crippen molar-refractivity contribution >= 4 is 5.97 Å². The van der Waals surface area contributed by atoms with E-state index in [0.29, 0.717) is 0 Å². The lowest BCUT2D eigenvalue weighted by Crippen LogP contribution is -2.20. The molecule has 1 heterocycles. The van der Waals surface area contributed by atoms with Gasteiger partial charge in [-0.25, -0.2) is 9.18 Å². The quantitative estimate of drug-likeness (QED) is 0.919. The number of rotatable bonds is 3. The van der Waals surface area contributed by atoms with E-state index in [1.807, 2.05) is 0 Å². The van der Waals surface area contributed by atoms with Gasteiger partial charge in [-0.2, -0.15) is 0 Å². The van der Waals surface area contributed by atoms with E-state index in [2.05, 4.69) is 0 Å². The third-order valence-corrected chi connectivity index (χ3v) is 2.80. The number of carbonyl (C=O) groups is 1. The van der Waals surface area contributed by atoms with Crippen LogP contribution in [0.15, 0.2) is 41.3 Å². The minimum Gasteiger partial charge on any atom is -0.478 e. The van der Waals surface area contributed by atoms with Crippen LogP contribution in [0, 0.1) is 12.7 Å². The minimum atomic E-state index is -1.32. The Morgan fingerprint density at radius 1 is 1.37 bits per heavy atom. The van der Waals surface area contributed by atoms with E-state index < -0.39 is 17.3 Å². The number of hydrogen-bond donors (Lipinski definition) is 1. The van der Waals surface area contributed by atoms with Gasteiger partial charge in [0.25, 0.3) is 5.56 Å². The number of nitrogens with zero attached hydrogens (tertiary/aromatic N) is 1. The molecule has 0 aliphatic carbocycles. The summed E-state index contributed by atoms with van der Waals surface area (Å²) in [5, 5.41) is 8.84. The second-order valence-corrected chi connectivity index (χ2v) is 4.25. The number of aromatic nitrogens is 1. The van der Waals surface area contributed by atoms with E-state index in [-0.39, 0.29) is 17.7 Å². The number of benzene rings is 1. The maximum atomic E-state index is 13.9. The molecule has 0 fully saturated rings. The van der Waals surface area contributed by atoms with Crippen molar-refractivity contribution in [1.82, 2.24) is 4.57 Å². The van der Waals surface area contributed by atoms with Crippen molar-refractivity contribution in [3.05, 3.63) is 69.4 Å². The van der Waals surface area contributed by atoms with Crippen LogP contribution in [-0.2, 0) is 6.54 Å². The molecule has 0 bridgehead atoms. The largest absolute Gasteiger partial charge is 0.478 e. The Morgan fingerprint density at radius 2 is 2.11 bits per heavy atom. The van der Waals surface area contributed by atoms with Gasteiger partial charge in [0.2, 0.25) is 0 Å². The smallest absolute Gasteiger partial charge is 0.338 e. The fraction of sp³-hybridized carbons (Fsp3) is 0.143. The maximum Gasteiger partial charge on any atom is 0.338 e. The molecule has 2 rings (SSSR count). The first-order chi connectivity index (χ1) is 8.99. The normalized spacial score (nSPS) is 10.4. The highest BCUT2D eigenvalue weighted by Gasteiger charge is 2.14. The second-order valence-electron chi connectivity index (χ2n) is 4.25. The first-order valence-electron chi connectivity index (χ1n) is 5.67. The third-order valence-electron chi connectivity index (χ3n) is 2.80. The first-order valence-corrected chi connectivity index (χ1v) is 5.67. The molecule has 0 saturated carbocycles. The fourth-order valence-electron chi connectivity index (χ4n) is 1.79. The van der Waals surface area contributed by atoms with E-state index in [0.717, 1.165) is 5.56 Å². The monoisotopic (exact) mass is 261 g/mol. The van der Waals surface area contributed by atoms with Gasteiger partial charge < -0.3 is 9.67 Å². The zero-order valence-corrected chi connectivity index (χ0v) is 10.3. The molecule has 19 heavy (non-hydrogen) atoms. The molecular weight excluding hydrogens is 249 g/mol. The molecule has 0 aliphatic rings. The number of aromatic carboxylic acids is 1. The lowest BCUT2D eigenvalue weighted by Gasteiger charge is -2.08. The van der Waals surface area contributed by atoms with Crippen molar-refractivity contribution in [2.45, 2.75) is 13.5 Å². The number of halogens is 1. The molecule has 5 heteroatoms. The van der Waals surface area contributed by atoms with E-state index in [1.54, 1.807) is 19.2 Å². The molecule has 1 N–H and O–H groups in total. The molecule has 4 nitrogen and oxygen atoms in total. The van der Waals surface area contributed by atoms with Crippen LogP contribution in [0.2, 0.25) is 0 Å². The van der Waals surface area contributed by atoms with Crippen molar-refractivity contribution in [3.8, 4) is 0 Å². The Morgan fingerprint density at radius 3 is 2.74 bits per heavy atom. The number of carboxylic acid groups (broad SMARTS) is 1. The van der Waals surface area contributed by atoms with Crippen molar-refractivity contribution in [3.63, 3.8) is 0 Å². The lowest BCUT2D eigenvalue weighted by atomic mass is 10.1. The first kappa shape index (κ1) is 13.0. The van der Waals surface area contributed by atoms with Crippen LogP contribution < -0.4 is 5.56 Å². The highest BCUT2D eigenvalue weighted by atomic mass is 19.1. The van der Waals surface area contributed by atoms with E-state index >= 15 is 0 Å². The van der Waals surface area contributed by atoms with Crippen LogP contribution in [0.4, 0.5) is 4.39 Å². The average molecular weight is 261 g/mol. The predicted molar refractivity (Wildman–Crippen MR) is 67.9 cm³/mol. The highest BCUT2D eigenvalue weighted by molar-refractivity contribution is 5.88. The molecule has 0 aliphatic heterocycles. The van der Waals surface area contributed by atoms with Crippen LogP contribution in [0.1, 0.15) is 21.5 Å². The third kappa shape index (κ3) is 2.70. The minimum absolute atomic E-state index is 0.00602. The molecule has 1 aromatic heterocycles. The zero-order valence-electron chi connectivity index (χ0n) is 10.3. The SMILES string of the molecule is Cc1ccn(Cc2cccc(C(=O)O)c2F)c(=O)c1. The van der Waals surface area contributed by atoms with E-state index in [9.17, 15) is 14.0 Å². The fourth-order valence-corrected chi connectivity index (χ4v) is 1.79. The molecular formula is C14H12FNO3. The van der Waals surface area contributed by atoms with Gasteiger partial charge in [0.15, 0.2) is 0 Å². The van der Waals surface area contributed by atoms with Gasteiger partial charge in [-0.3, -0.25) is 4.79 Å². The van der Waals surface area contributed by atoms with Gasteiger partial charge in [-0.05, 0) is 24.6 Å². The molecule has 2 aromatic rings. The van der Waals surface area contributed by atoms with Crippen molar-refractivity contribution in [2.24, 2.45) is 0 Å². The summed E-state index contributed by atoms with van der Waals surface area (Å²) in [4.78, 5) is 22.5. The number of pyridine rings is 1. The summed E-state index contributed by atoms with van der Waals surface area (Å²) < 4.78 is 15.3. The standard InChI is InChI=1S/C14H12FNO3/c1-9-5-6-16(12(17)7-9)8-10-3-2-4-11(13(10)15)14(18)19/h2-7H,8H2,1H3,(H,18,19). The van der Waals surface area contributed by atoms with Gasteiger partial charge in [0.1, 0.15) is 5.82 Å². The van der Waals surface area contributed by atoms with Crippen molar-refractivity contribution in [2.75, 3.05) is 0 Å². The van der Waals surface area contributed by atoms with Gasteiger partial charge in [-0.15, -0.1) is 0 Å². The van der Waals surface area contributed by atoms with Crippen LogP contribution in [0.25, 0.3) is 0 Å². The van der Waals surface area contributed by atoms with Crippen LogP contribution in [-0.4, -0.2) is 15.6 Å². The number of carboxylic acids is 1. The topological polar surface area (TPSA) is 59.3 Å². The summed E-state index contributed by atoms with van der Waals surface area (Å²) in [5.41, 5.74) is 0.352. The second kappa shape index (κ2) is 5.06. The lowest BCUT2D eigenvalue weighted by molar-refractivity contribution is 0.0691. The molecule has 0 atom stereocenters. The van der Waals surface area contributed by atoms with Gasteiger partial charge in [0.05, 0.1) is 12.1 Å². The molecule has 1 aromatic carbocycles. The highest BCUT2D eigenvalue weighted by Crippen LogP contribution is 2.14. The zero-order chi connectivity index (χ0) is 14.0. The van der Waals surface area contributed by atoms with Crippen LogP contribution >= 0.6 is 0 Å². The van der Waals surface area contributed by atoms with Gasteiger partial charge >= 0.3 is 5.97 Å². The Hall–Kier alpha value is -2.43. The Kier molecular flexibility index (Phi) is 3.46. The molecule has 0 spiro atoms. The van der Waals surface area contributed by atoms with Crippen LogP contribution in [0.3, 0.4) is 0 Å². The molecule has 0 saturated heterocycles. The van der Waals surface area contributed by atoms with Gasteiger partial charge in [0, 0.05) is 17.8 Å². The average Bonchev–Trinajstić information content (AvgIpc) is 2.34. The summed E-state index contributed by atoms with van der Waals surface area (Å²) in [6.45, 7) is 1.80. The molecule has 0 unspecified atom stereocenters. The summed E-state index contributed by atoms with van der Waals surface area (Å²) in [6.07, 6.45) is 1.56. The van der Waals surface area contributed by atoms with Crippen molar-refractivity contribution < 1.29 is 14.3 Å². The van der Waals surface area contributed by atoms with Gasteiger partial charge in [-0.1, -0.05) is 12.1 Å². The molecule has 98 valence electrons. The predicted octanol–water partition coefficient (Wildman–Crippen LogP) is 2.04. The Labute approximate surface area is 108 Å². The van der Waals surface area contributed by atoms with Crippen molar-refractivity contribution in [1.29, 1.82) is 0 Å². The summed E-state index contributed by atoms with van der Waals surface area (Å²) in [6, 6.07) is 7.30. The van der Waals surface area contributed by atoms with Crippen LogP contribution in [0.5, 0.6) is 0 Å². The Bertz CT molecular complexity index is 691. The van der Waals surface area contributed by atoms with E-state index in [1.165, 1.54) is 28.8 Å². The maximum absolute atomic E-state index is 13.9. The molecule has 0 radical (unpaired) electrons. The summed E-state index contributed by atoms with van der Waals surface area (Å²) in [5.74, 6) is -2.13. The Balaban J connectivity index is 2.41. The number of aryl methyl sites for hydroxylation is 1. The number of hydrogen-bond acceptors (Lipinski definition) is 2.